The van der Waals surface area contributed by atoms with Crippen LogP contribution < -0.4 is 0 Å². The summed E-state index contributed by atoms with van der Waals surface area (Å²) >= 11 is 0. The first kappa shape index (κ1) is 16.2. The Bertz CT molecular complexity index is 1080. The summed E-state index contributed by atoms with van der Waals surface area (Å²) in [6.45, 7) is 0. The summed E-state index contributed by atoms with van der Waals surface area (Å²) in [6.07, 6.45) is 0. The number of rotatable bonds is 2. The van der Waals surface area contributed by atoms with Gasteiger partial charge in [0.05, 0.1) is 15.4 Å². The zero-order chi connectivity index (χ0) is 18.1. The van der Waals surface area contributed by atoms with Gasteiger partial charge < -0.3 is 4.84 Å². The van der Waals surface area contributed by atoms with Gasteiger partial charge in [0.25, 0.3) is 0 Å². The van der Waals surface area contributed by atoms with Crippen molar-refractivity contribution in [3.8, 4) is 0 Å². The van der Waals surface area contributed by atoms with Crippen molar-refractivity contribution in [3.63, 3.8) is 0 Å². The maximum atomic E-state index is 12.8. The van der Waals surface area contributed by atoms with E-state index in [0.717, 1.165) is 0 Å². The molecule has 5 nitrogen and oxygen atoms in total. The zero-order valence-corrected chi connectivity index (χ0v) is 14.3. The molecular weight excluding hydrogens is 350 g/mol. The van der Waals surface area contributed by atoms with Crippen LogP contribution in [0.4, 0.5) is 0 Å². The van der Waals surface area contributed by atoms with Crippen LogP contribution in [0.2, 0.25) is 0 Å². The SMILES string of the molecule is O=C(ON=C1c2ccccc2S(=O)(=O)c2ccccc21)c1ccccc1. The maximum Gasteiger partial charge on any atom is 0.365 e. The second-order valence-electron chi connectivity index (χ2n) is 5.68. The highest BCUT2D eigenvalue weighted by Gasteiger charge is 2.33. The number of fused-ring (bicyclic) bond motifs is 2. The van der Waals surface area contributed by atoms with E-state index in [1.165, 1.54) is 12.1 Å². The predicted molar refractivity (Wildman–Crippen MR) is 95.8 cm³/mol. The van der Waals surface area contributed by atoms with Crippen LogP contribution in [-0.4, -0.2) is 20.1 Å². The molecule has 1 heterocycles. The van der Waals surface area contributed by atoms with E-state index in [9.17, 15) is 13.2 Å². The smallest absolute Gasteiger partial charge is 0.312 e. The minimum Gasteiger partial charge on any atom is -0.312 e. The Balaban J connectivity index is 1.83. The second-order valence-corrected chi connectivity index (χ2v) is 7.57. The molecule has 3 aromatic carbocycles. The van der Waals surface area contributed by atoms with Crippen LogP contribution in [0.15, 0.2) is 93.8 Å². The van der Waals surface area contributed by atoms with Gasteiger partial charge in [-0.3, -0.25) is 0 Å². The number of carbonyl (C=O) groups is 1. The summed E-state index contributed by atoms with van der Waals surface area (Å²) < 4.78 is 25.7. The number of nitrogens with zero attached hydrogens (tertiary/aromatic N) is 1. The summed E-state index contributed by atoms with van der Waals surface area (Å²) in [7, 11) is -3.65. The molecule has 0 saturated heterocycles. The number of hydrogen-bond donors (Lipinski definition) is 0. The number of sulfone groups is 1. The average Bonchev–Trinajstić information content (AvgIpc) is 2.68. The lowest BCUT2D eigenvalue weighted by molar-refractivity contribution is 0.0517. The molecule has 0 fully saturated rings. The minimum atomic E-state index is -3.65. The third kappa shape index (κ3) is 2.60. The zero-order valence-electron chi connectivity index (χ0n) is 13.5. The van der Waals surface area contributed by atoms with Gasteiger partial charge in [-0.25, -0.2) is 13.2 Å². The molecule has 3 aromatic rings. The van der Waals surface area contributed by atoms with Gasteiger partial charge >= 0.3 is 5.97 Å². The molecule has 0 aromatic heterocycles. The molecule has 4 rings (SSSR count). The number of oxime groups is 1. The highest BCUT2D eigenvalue weighted by molar-refractivity contribution is 7.91. The van der Waals surface area contributed by atoms with E-state index < -0.39 is 15.8 Å². The molecule has 0 saturated carbocycles. The molecule has 0 aliphatic carbocycles. The van der Waals surface area contributed by atoms with Crippen LogP contribution in [0.1, 0.15) is 21.5 Å². The topological polar surface area (TPSA) is 72.8 Å². The first-order valence-electron chi connectivity index (χ1n) is 7.87. The number of hydrogen-bond acceptors (Lipinski definition) is 5. The lowest BCUT2D eigenvalue weighted by atomic mass is 10.0. The molecule has 0 radical (unpaired) electrons. The van der Waals surface area contributed by atoms with Gasteiger partial charge in [-0.1, -0.05) is 59.8 Å². The highest BCUT2D eigenvalue weighted by Crippen LogP contribution is 2.34. The molecular formula is C20H13NO4S. The van der Waals surface area contributed by atoms with E-state index in [-0.39, 0.29) is 9.79 Å². The third-order valence-corrected chi connectivity index (χ3v) is 5.96. The van der Waals surface area contributed by atoms with Crippen LogP contribution in [-0.2, 0) is 14.7 Å². The molecule has 26 heavy (non-hydrogen) atoms. The van der Waals surface area contributed by atoms with Crippen LogP contribution >= 0.6 is 0 Å². The van der Waals surface area contributed by atoms with Crippen molar-refractivity contribution in [2.75, 3.05) is 0 Å². The van der Waals surface area contributed by atoms with Crippen molar-refractivity contribution in [3.05, 3.63) is 95.6 Å². The fourth-order valence-electron chi connectivity index (χ4n) is 2.87. The van der Waals surface area contributed by atoms with Crippen LogP contribution in [0.5, 0.6) is 0 Å². The Morgan fingerprint density at radius 2 is 1.23 bits per heavy atom. The summed E-state index contributed by atoms with van der Waals surface area (Å²) in [6, 6.07) is 21.6. The first-order valence-corrected chi connectivity index (χ1v) is 9.35. The monoisotopic (exact) mass is 363 g/mol. The molecule has 0 bridgehead atoms. The Labute approximate surface area is 150 Å². The Kier molecular flexibility index (Phi) is 3.89. The van der Waals surface area contributed by atoms with Crippen LogP contribution in [0.25, 0.3) is 0 Å². The quantitative estimate of drug-likeness (QED) is 0.404. The van der Waals surface area contributed by atoms with E-state index in [2.05, 4.69) is 5.16 Å². The maximum absolute atomic E-state index is 12.8. The third-order valence-electron chi connectivity index (χ3n) is 4.09. The highest BCUT2D eigenvalue weighted by atomic mass is 32.2. The van der Waals surface area contributed by atoms with E-state index in [4.69, 9.17) is 4.84 Å². The predicted octanol–water partition coefficient (Wildman–Crippen LogP) is 3.44. The Hall–Kier alpha value is -3.25. The van der Waals surface area contributed by atoms with E-state index in [1.807, 2.05) is 0 Å². The van der Waals surface area contributed by atoms with Gasteiger partial charge in [-0.05, 0) is 24.3 Å². The molecule has 1 aliphatic rings. The first-order chi connectivity index (χ1) is 12.6. The van der Waals surface area contributed by atoms with E-state index in [1.54, 1.807) is 66.7 Å². The molecule has 0 amide bonds. The van der Waals surface area contributed by atoms with Crippen molar-refractivity contribution in [1.29, 1.82) is 0 Å². The molecule has 0 atom stereocenters. The van der Waals surface area contributed by atoms with E-state index in [0.29, 0.717) is 22.4 Å². The van der Waals surface area contributed by atoms with Gasteiger partial charge in [0.1, 0.15) is 5.71 Å². The fraction of sp³-hybridized carbons (Fsp3) is 0. The molecule has 0 unspecified atom stereocenters. The molecule has 0 N–H and O–H groups in total. The summed E-state index contributed by atoms with van der Waals surface area (Å²) in [4.78, 5) is 17.6. The number of carbonyl (C=O) groups excluding carboxylic acids is 1. The summed E-state index contributed by atoms with van der Waals surface area (Å²) in [5.41, 5.74) is 1.50. The van der Waals surface area contributed by atoms with Crippen LogP contribution in [0.3, 0.4) is 0 Å². The van der Waals surface area contributed by atoms with E-state index >= 15 is 0 Å². The normalized spacial score (nSPS) is 14.1. The van der Waals surface area contributed by atoms with Crippen molar-refractivity contribution >= 4 is 21.5 Å². The van der Waals surface area contributed by atoms with Crippen molar-refractivity contribution in [1.82, 2.24) is 0 Å². The minimum absolute atomic E-state index is 0.146. The summed E-state index contributed by atoms with van der Waals surface area (Å²) in [5.74, 6) is -0.610. The van der Waals surface area contributed by atoms with Crippen molar-refractivity contribution < 1.29 is 18.0 Å². The largest absolute Gasteiger partial charge is 0.365 e. The Morgan fingerprint density at radius 3 is 1.81 bits per heavy atom. The molecule has 1 aliphatic heterocycles. The van der Waals surface area contributed by atoms with Gasteiger partial charge in [-0.15, -0.1) is 0 Å². The van der Waals surface area contributed by atoms with Crippen LogP contribution in [0, 0.1) is 0 Å². The number of benzene rings is 3. The van der Waals surface area contributed by atoms with Crippen molar-refractivity contribution in [2.24, 2.45) is 5.16 Å². The lowest BCUT2D eigenvalue weighted by Crippen LogP contribution is -2.21. The lowest BCUT2D eigenvalue weighted by Gasteiger charge is -2.20. The van der Waals surface area contributed by atoms with Gasteiger partial charge in [0.2, 0.25) is 9.84 Å². The molecule has 128 valence electrons. The average molecular weight is 363 g/mol. The molecule has 6 heteroatoms. The van der Waals surface area contributed by atoms with Gasteiger partial charge in [-0.2, -0.15) is 0 Å². The second kappa shape index (κ2) is 6.24. The van der Waals surface area contributed by atoms with Crippen molar-refractivity contribution in [2.45, 2.75) is 9.79 Å². The summed E-state index contributed by atoms with van der Waals surface area (Å²) in [5, 5.41) is 4.01. The fourth-order valence-corrected chi connectivity index (χ4v) is 4.53. The van der Waals surface area contributed by atoms with Gasteiger partial charge in [0.15, 0.2) is 0 Å². The molecule has 0 spiro atoms. The van der Waals surface area contributed by atoms with Gasteiger partial charge in [0, 0.05) is 11.1 Å². The Morgan fingerprint density at radius 1 is 0.731 bits per heavy atom. The standard InChI is InChI=1S/C20H13NO4S/c22-20(14-8-2-1-3-9-14)25-21-19-15-10-4-6-12-17(15)26(23,24)18-13-7-5-11-16(18)19/h1-13H.